The van der Waals surface area contributed by atoms with E-state index >= 15 is 0 Å². The molecule has 1 amide bonds. The molecule has 0 unspecified atom stereocenters. The molecule has 0 bridgehead atoms. The molecule has 4 rings (SSSR count). The van der Waals surface area contributed by atoms with Gasteiger partial charge in [-0.3, -0.25) is 14.5 Å². The van der Waals surface area contributed by atoms with Crippen molar-refractivity contribution < 1.29 is 17.9 Å². The van der Waals surface area contributed by atoms with E-state index in [1.54, 1.807) is 24.3 Å². The quantitative estimate of drug-likeness (QED) is 0.686. The SMILES string of the molecule is O=C(CCCN=C1NS(=O)(=O)c2ccccc21)Nc1ccccc1N1CCOCC1. The van der Waals surface area contributed by atoms with Gasteiger partial charge >= 0.3 is 0 Å². The van der Waals surface area contributed by atoms with Crippen LogP contribution in [0.5, 0.6) is 0 Å². The van der Waals surface area contributed by atoms with Crippen molar-refractivity contribution in [1.29, 1.82) is 0 Å². The summed E-state index contributed by atoms with van der Waals surface area (Å²) in [6.07, 6.45) is 0.807. The van der Waals surface area contributed by atoms with E-state index in [1.807, 2.05) is 24.3 Å². The molecular weight excluding hydrogens is 404 g/mol. The Morgan fingerprint density at radius 3 is 2.67 bits per heavy atom. The number of carbonyl (C=O) groups excluding carboxylic acids is 1. The highest BCUT2D eigenvalue weighted by Gasteiger charge is 2.29. The van der Waals surface area contributed by atoms with Crippen molar-refractivity contribution in [2.45, 2.75) is 17.7 Å². The summed E-state index contributed by atoms with van der Waals surface area (Å²) < 4.78 is 32.1. The first-order valence-electron chi connectivity index (χ1n) is 9.93. The highest BCUT2D eigenvalue weighted by atomic mass is 32.2. The number of amides is 1. The number of anilines is 2. The molecule has 9 heteroatoms. The average molecular weight is 429 g/mol. The van der Waals surface area contributed by atoms with Gasteiger partial charge in [-0.05, 0) is 30.7 Å². The van der Waals surface area contributed by atoms with Gasteiger partial charge in [-0.2, -0.15) is 0 Å². The molecule has 0 atom stereocenters. The van der Waals surface area contributed by atoms with Crippen LogP contribution in [0.2, 0.25) is 0 Å². The van der Waals surface area contributed by atoms with Crippen LogP contribution >= 0.6 is 0 Å². The molecule has 158 valence electrons. The number of hydrogen-bond donors (Lipinski definition) is 2. The molecule has 30 heavy (non-hydrogen) atoms. The van der Waals surface area contributed by atoms with Gasteiger partial charge in [0.2, 0.25) is 5.91 Å². The van der Waals surface area contributed by atoms with E-state index < -0.39 is 10.0 Å². The van der Waals surface area contributed by atoms with Gasteiger partial charge in [0.1, 0.15) is 5.84 Å². The predicted molar refractivity (Wildman–Crippen MR) is 116 cm³/mol. The molecule has 0 radical (unpaired) electrons. The van der Waals surface area contributed by atoms with Gasteiger partial charge < -0.3 is 15.0 Å². The zero-order valence-electron chi connectivity index (χ0n) is 16.5. The summed E-state index contributed by atoms with van der Waals surface area (Å²) in [7, 11) is -3.54. The van der Waals surface area contributed by atoms with Crippen LogP contribution in [0.25, 0.3) is 0 Å². The number of nitrogens with one attached hydrogen (secondary N) is 2. The Balaban J connectivity index is 1.33. The van der Waals surface area contributed by atoms with Gasteiger partial charge in [0, 0.05) is 31.6 Å². The Hall–Kier alpha value is -2.91. The number of carbonyl (C=O) groups is 1. The van der Waals surface area contributed by atoms with E-state index in [1.165, 1.54) is 0 Å². The van der Waals surface area contributed by atoms with Gasteiger partial charge in [-0.25, -0.2) is 8.42 Å². The highest BCUT2D eigenvalue weighted by Crippen LogP contribution is 2.26. The molecule has 0 aliphatic carbocycles. The molecule has 2 aromatic carbocycles. The number of sulfonamides is 1. The van der Waals surface area contributed by atoms with Crippen LogP contribution in [0.1, 0.15) is 18.4 Å². The second kappa shape index (κ2) is 8.85. The minimum atomic E-state index is -3.54. The Morgan fingerprint density at radius 1 is 1.10 bits per heavy atom. The van der Waals surface area contributed by atoms with Crippen molar-refractivity contribution in [2.24, 2.45) is 4.99 Å². The third kappa shape index (κ3) is 4.47. The maximum Gasteiger partial charge on any atom is 0.263 e. The molecule has 2 N–H and O–H groups in total. The van der Waals surface area contributed by atoms with Gasteiger partial charge in [0.15, 0.2) is 0 Å². The van der Waals surface area contributed by atoms with Crippen molar-refractivity contribution in [3.05, 3.63) is 54.1 Å². The van der Waals surface area contributed by atoms with Crippen LogP contribution < -0.4 is 14.9 Å². The number of para-hydroxylation sites is 2. The monoisotopic (exact) mass is 428 g/mol. The standard InChI is InChI=1S/C21H24N4O4S/c26-20(23-17-7-2-3-8-18(17)25-12-14-29-15-13-25)10-5-11-22-21-16-6-1-4-9-19(16)30(27,28)24-21/h1-4,6-9H,5,10-15H2,(H,22,24)(H,23,26). The second-order valence-electron chi connectivity index (χ2n) is 7.10. The largest absolute Gasteiger partial charge is 0.378 e. The maximum atomic E-state index is 12.4. The highest BCUT2D eigenvalue weighted by molar-refractivity contribution is 7.90. The Morgan fingerprint density at radius 2 is 1.83 bits per heavy atom. The molecule has 0 aromatic heterocycles. The average Bonchev–Trinajstić information content (AvgIpc) is 3.03. The number of aliphatic imine (C=N–C) groups is 1. The third-order valence-corrected chi connectivity index (χ3v) is 6.42. The van der Waals surface area contributed by atoms with Crippen molar-refractivity contribution >= 4 is 33.1 Å². The summed E-state index contributed by atoms with van der Waals surface area (Å²) in [5.74, 6) is 0.243. The fourth-order valence-electron chi connectivity index (χ4n) is 3.55. The van der Waals surface area contributed by atoms with Gasteiger partial charge in [0.05, 0.1) is 29.5 Å². The molecule has 0 saturated carbocycles. The summed E-state index contributed by atoms with van der Waals surface area (Å²) in [6.45, 7) is 3.29. The summed E-state index contributed by atoms with van der Waals surface area (Å²) in [5, 5.41) is 2.98. The van der Waals surface area contributed by atoms with Crippen molar-refractivity contribution in [2.75, 3.05) is 43.1 Å². The molecule has 1 fully saturated rings. The molecule has 2 heterocycles. The van der Waals surface area contributed by atoms with Crippen LogP contribution in [-0.4, -0.2) is 53.0 Å². The fraction of sp³-hybridized carbons (Fsp3) is 0.333. The van der Waals surface area contributed by atoms with Crippen LogP contribution in [0.15, 0.2) is 58.4 Å². The lowest BCUT2D eigenvalue weighted by Gasteiger charge is -2.30. The minimum absolute atomic E-state index is 0.0942. The smallest absolute Gasteiger partial charge is 0.263 e. The Labute approximate surface area is 176 Å². The number of benzene rings is 2. The van der Waals surface area contributed by atoms with Crippen LogP contribution in [0.4, 0.5) is 11.4 Å². The summed E-state index contributed by atoms with van der Waals surface area (Å²) >= 11 is 0. The lowest BCUT2D eigenvalue weighted by atomic mass is 10.2. The van der Waals surface area contributed by atoms with Crippen molar-refractivity contribution in [1.82, 2.24) is 4.72 Å². The maximum absolute atomic E-state index is 12.4. The van der Waals surface area contributed by atoms with Gasteiger partial charge in [0.25, 0.3) is 10.0 Å². The first-order chi connectivity index (χ1) is 14.5. The third-order valence-electron chi connectivity index (χ3n) is 5.02. The van der Waals surface area contributed by atoms with Crippen LogP contribution in [0.3, 0.4) is 0 Å². The molecular formula is C21H24N4O4S. The van der Waals surface area contributed by atoms with Crippen LogP contribution in [-0.2, 0) is 19.6 Å². The van der Waals surface area contributed by atoms with Gasteiger partial charge in [-0.1, -0.05) is 24.3 Å². The van der Waals surface area contributed by atoms with E-state index in [2.05, 4.69) is 19.9 Å². The minimum Gasteiger partial charge on any atom is -0.378 e. The molecule has 2 aliphatic rings. The number of fused-ring (bicyclic) bond motifs is 1. The topological polar surface area (TPSA) is 100 Å². The predicted octanol–water partition coefficient (Wildman–Crippen LogP) is 1.98. The second-order valence-corrected chi connectivity index (χ2v) is 8.75. The molecule has 2 aliphatic heterocycles. The number of morpholine rings is 1. The first-order valence-corrected chi connectivity index (χ1v) is 11.4. The van der Waals surface area contributed by atoms with E-state index in [0.29, 0.717) is 44.0 Å². The number of hydrogen-bond acceptors (Lipinski definition) is 6. The molecule has 2 aromatic rings. The number of amidine groups is 1. The van der Waals surface area contributed by atoms with Crippen LogP contribution in [0, 0.1) is 0 Å². The summed E-state index contributed by atoms with van der Waals surface area (Å²) in [4.78, 5) is 19.2. The number of ether oxygens (including phenoxy) is 1. The zero-order valence-corrected chi connectivity index (χ0v) is 17.3. The normalized spacial score (nSPS) is 18.7. The van der Waals surface area contributed by atoms with Crippen molar-refractivity contribution in [3.8, 4) is 0 Å². The first kappa shape index (κ1) is 20.4. The lowest BCUT2D eigenvalue weighted by Crippen LogP contribution is -2.36. The zero-order chi connectivity index (χ0) is 21.0. The van der Waals surface area contributed by atoms with Crippen molar-refractivity contribution in [3.63, 3.8) is 0 Å². The Kier molecular flexibility index (Phi) is 6.01. The molecule has 8 nitrogen and oxygen atoms in total. The lowest BCUT2D eigenvalue weighted by molar-refractivity contribution is -0.116. The molecule has 0 spiro atoms. The summed E-state index contributed by atoms with van der Waals surface area (Å²) in [6, 6.07) is 14.5. The van der Waals surface area contributed by atoms with Gasteiger partial charge in [-0.15, -0.1) is 0 Å². The molecule has 1 saturated heterocycles. The Bertz CT molecular complexity index is 1060. The number of rotatable bonds is 6. The van der Waals surface area contributed by atoms with E-state index in [-0.39, 0.29) is 10.8 Å². The summed E-state index contributed by atoms with van der Waals surface area (Å²) in [5.41, 5.74) is 2.35. The number of nitrogens with zero attached hydrogens (tertiary/aromatic N) is 2. The fourth-order valence-corrected chi connectivity index (χ4v) is 4.80. The van der Waals surface area contributed by atoms with E-state index in [4.69, 9.17) is 4.74 Å². The van der Waals surface area contributed by atoms with E-state index in [9.17, 15) is 13.2 Å². The van der Waals surface area contributed by atoms with E-state index in [0.717, 1.165) is 24.5 Å².